The summed E-state index contributed by atoms with van der Waals surface area (Å²) in [6.07, 6.45) is 0.901. The Hall–Kier alpha value is -1.35. The number of anilines is 1. The number of methoxy groups -OCH3 is 1. The van der Waals surface area contributed by atoms with E-state index in [9.17, 15) is 4.79 Å². The van der Waals surface area contributed by atoms with Crippen molar-refractivity contribution < 1.29 is 9.53 Å². The molecule has 1 saturated heterocycles. The second-order valence-electron chi connectivity index (χ2n) is 4.19. The van der Waals surface area contributed by atoms with E-state index in [1.54, 1.807) is 7.11 Å². The first kappa shape index (κ1) is 10.2. The molecule has 1 aromatic rings. The number of para-hydroxylation sites is 1. The zero-order valence-corrected chi connectivity index (χ0v) is 9.06. The maximum absolute atomic E-state index is 10.8. The molecule has 80 valence electrons. The Balaban J connectivity index is 2.16. The fourth-order valence-corrected chi connectivity index (χ4v) is 1.94. The molecule has 0 radical (unpaired) electrons. The average molecular weight is 205 g/mol. The highest BCUT2D eigenvalue weighted by Crippen LogP contribution is 2.31. The van der Waals surface area contributed by atoms with Gasteiger partial charge in [-0.1, -0.05) is 12.1 Å². The summed E-state index contributed by atoms with van der Waals surface area (Å²) in [6.45, 7) is 3.76. The number of carbonyl (C=O) groups excluding carboxylic acids is 1. The normalized spacial score (nSPS) is 18.4. The highest BCUT2D eigenvalue weighted by atomic mass is 16.5. The minimum atomic E-state index is -0.0595. The van der Waals surface area contributed by atoms with E-state index in [0.717, 1.165) is 30.6 Å². The van der Waals surface area contributed by atoms with Crippen molar-refractivity contribution in [1.82, 2.24) is 0 Å². The first-order chi connectivity index (χ1) is 7.18. The van der Waals surface area contributed by atoms with Crippen LogP contribution < -0.4 is 4.90 Å². The summed E-state index contributed by atoms with van der Waals surface area (Å²) in [7, 11) is 1.73. The quantitative estimate of drug-likeness (QED) is 0.704. The number of hydrogen-bond donors (Lipinski definition) is 0. The summed E-state index contributed by atoms with van der Waals surface area (Å²) in [4.78, 5) is 13.0. The largest absolute Gasteiger partial charge is 0.375 e. The van der Waals surface area contributed by atoms with E-state index in [2.05, 4.69) is 11.8 Å². The van der Waals surface area contributed by atoms with Gasteiger partial charge in [-0.05, 0) is 19.1 Å². The van der Waals surface area contributed by atoms with Gasteiger partial charge in [0.05, 0.1) is 5.60 Å². The van der Waals surface area contributed by atoms with E-state index in [1.807, 2.05) is 24.3 Å². The number of hydrogen-bond acceptors (Lipinski definition) is 3. The van der Waals surface area contributed by atoms with Crippen molar-refractivity contribution in [3.05, 3.63) is 29.8 Å². The van der Waals surface area contributed by atoms with Gasteiger partial charge in [-0.15, -0.1) is 0 Å². The van der Waals surface area contributed by atoms with Crippen LogP contribution in [0.5, 0.6) is 0 Å². The number of benzene rings is 1. The van der Waals surface area contributed by atoms with Crippen LogP contribution in [-0.2, 0) is 4.74 Å². The fourth-order valence-electron chi connectivity index (χ4n) is 1.94. The molecule has 0 bridgehead atoms. The van der Waals surface area contributed by atoms with Gasteiger partial charge in [-0.2, -0.15) is 0 Å². The Kier molecular flexibility index (Phi) is 2.49. The molecule has 1 heterocycles. The standard InChI is InChI=1S/C12H15NO2/c1-12(15-2)8-13(9-12)11-6-4-3-5-10(11)7-14/h3-7H,8-9H2,1-2H3. The summed E-state index contributed by atoms with van der Waals surface area (Å²) >= 11 is 0. The molecule has 0 saturated carbocycles. The lowest BCUT2D eigenvalue weighted by Crippen LogP contribution is -2.61. The SMILES string of the molecule is COC1(C)CN(c2ccccc2C=O)C1. The van der Waals surface area contributed by atoms with Crippen LogP contribution in [0.15, 0.2) is 24.3 Å². The van der Waals surface area contributed by atoms with Crippen LogP contribution in [0.25, 0.3) is 0 Å². The van der Waals surface area contributed by atoms with Crippen LogP contribution in [-0.4, -0.2) is 32.1 Å². The third-order valence-electron chi connectivity index (χ3n) is 2.95. The molecule has 1 aliphatic rings. The molecule has 0 amide bonds. The third kappa shape index (κ3) is 1.75. The lowest BCUT2D eigenvalue weighted by atomic mass is 9.94. The van der Waals surface area contributed by atoms with Crippen molar-refractivity contribution in [1.29, 1.82) is 0 Å². The van der Waals surface area contributed by atoms with Crippen LogP contribution in [0.3, 0.4) is 0 Å². The molecule has 0 unspecified atom stereocenters. The summed E-state index contributed by atoms with van der Waals surface area (Å²) in [6, 6.07) is 7.64. The molecule has 1 aliphatic heterocycles. The van der Waals surface area contributed by atoms with Crippen molar-refractivity contribution in [2.75, 3.05) is 25.1 Å². The van der Waals surface area contributed by atoms with Gasteiger partial charge >= 0.3 is 0 Å². The van der Waals surface area contributed by atoms with E-state index >= 15 is 0 Å². The van der Waals surface area contributed by atoms with E-state index in [0.29, 0.717) is 0 Å². The molecule has 3 nitrogen and oxygen atoms in total. The monoisotopic (exact) mass is 205 g/mol. The zero-order valence-electron chi connectivity index (χ0n) is 9.06. The summed E-state index contributed by atoms with van der Waals surface area (Å²) in [5.74, 6) is 0. The van der Waals surface area contributed by atoms with Gasteiger partial charge in [0, 0.05) is 31.5 Å². The lowest BCUT2D eigenvalue weighted by molar-refractivity contribution is -0.0168. The highest BCUT2D eigenvalue weighted by molar-refractivity contribution is 5.85. The van der Waals surface area contributed by atoms with Crippen molar-refractivity contribution in [3.8, 4) is 0 Å². The maximum atomic E-state index is 10.8. The van der Waals surface area contributed by atoms with E-state index in [1.165, 1.54) is 0 Å². The summed E-state index contributed by atoms with van der Waals surface area (Å²) in [5, 5.41) is 0. The number of nitrogens with zero attached hydrogens (tertiary/aromatic N) is 1. The fraction of sp³-hybridized carbons (Fsp3) is 0.417. The Bertz CT molecular complexity index is 370. The van der Waals surface area contributed by atoms with Crippen molar-refractivity contribution in [3.63, 3.8) is 0 Å². The van der Waals surface area contributed by atoms with Gasteiger partial charge in [-0.3, -0.25) is 4.79 Å². The van der Waals surface area contributed by atoms with Crippen molar-refractivity contribution in [2.45, 2.75) is 12.5 Å². The zero-order chi connectivity index (χ0) is 10.9. The van der Waals surface area contributed by atoms with E-state index in [-0.39, 0.29) is 5.60 Å². The molecule has 1 aromatic carbocycles. The highest BCUT2D eigenvalue weighted by Gasteiger charge is 2.39. The Morgan fingerprint density at radius 3 is 2.67 bits per heavy atom. The molecule has 3 heteroatoms. The first-order valence-electron chi connectivity index (χ1n) is 5.03. The third-order valence-corrected chi connectivity index (χ3v) is 2.95. The molecular weight excluding hydrogens is 190 g/mol. The molecule has 1 fully saturated rings. The predicted molar refractivity (Wildman–Crippen MR) is 59.5 cm³/mol. The molecular formula is C12H15NO2. The molecule has 0 N–H and O–H groups in total. The van der Waals surface area contributed by atoms with Crippen LogP contribution in [0.4, 0.5) is 5.69 Å². The topological polar surface area (TPSA) is 29.5 Å². The minimum Gasteiger partial charge on any atom is -0.375 e. The van der Waals surface area contributed by atoms with Crippen LogP contribution in [0.1, 0.15) is 17.3 Å². The molecule has 2 rings (SSSR count). The van der Waals surface area contributed by atoms with Gasteiger partial charge in [0.2, 0.25) is 0 Å². The Morgan fingerprint density at radius 2 is 2.07 bits per heavy atom. The van der Waals surface area contributed by atoms with Crippen molar-refractivity contribution in [2.24, 2.45) is 0 Å². The van der Waals surface area contributed by atoms with E-state index in [4.69, 9.17) is 4.74 Å². The molecule has 15 heavy (non-hydrogen) atoms. The van der Waals surface area contributed by atoms with Gasteiger partial charge < -0.3 is 9.64 Å². The summed E-state index contributed by atoms with van der Waals surface area (Å²) in [5.41, 5.74) is 1.69. The first-order valence-corrected chi connectivity index (χ1v) is 5.03. The number of ether oxygens (including phenoxy) is 1. The molecule has 0 atom stereocenters. The summed E-state index contributed by atoms with van der Waals surface area (Å²) < 4.78 is 5.37. The predicted octanol–water partition coefficient (Wildman–Crippen LogP) is 1.72. The number of rotatable bonds is 3. The second-order valence-corrected chi connectivity index (χ2v) is 4.19. The average Bonchev–Trinajstić information content (AvgIpc) is 2.25. The smallest absolute Gasteiger partial charge is 0.152 e. The second kappa shape index (κ2) is 3.66. The maximum Gasteiger partial charge on any atom is 0.152 e. The molecule has 0 aromatic heterocycles. The Morgan fingerprint density at radius 1 is 1.40 bits per heavy atom. The van der Waals surface area contributed by atoms with Gasteiger partial charge in [0.15, 0.2) is 6.29 Å². The van der Waals surface area contributed by atoms with Crippen LogP contribution in [0.2, 0.25) is 0 Å². The number of aldehydes is 1. The van der Waals surface area contributed by atoms with E-state index < -0.39 is 0 Å². The Labute approximate surface area is 89.7 Å². The minimum absolute atomic E-state index is 0.0595. The number of carbonyl (C=O) groups is 1. The lowest BCUT2D eigenvalue weighted by Gasteiger charge is -2.48. The van der Waals surface area contributed by atoms with Gasteiger partial charge in [0.1, 0.15) is 0 Å². The van der Waals surface area contributed by atoms with Crippen LogP contribution in [0, 0.1) is 0 Å². The van der Waals surface area contributed by atoms with Crippen molar-refractivity contribution >= 4 is 12.0 Å². The molecule has 0 aliphatic carbocycles. The van der Waals surface area contributed by atoms with Gasteiger partial charge in [-0.25, -0.2) is 0 Å². The van der Waals surface area contributed by atoms with Gasteiger partial charge in [0.25, 0.3) is 0 Å². The van der Waals surface area contributed by atoms with Crippen LogP contribution >= 0.6 is 0 Å². The molecule has 0 spiro atoms.